The first-order valence-corrected chi connectivity index (χ1v) is 12.9. The molecule has 2 aliphatic rings. The molecule has 2 fully saturated rings. The fourth-order valence-corrected chi connectivity index (χ4v) is 5.94. The number of morpholine rings is 1. The van der Waals surface area contributed by atoms with E-state index in [9.17, 15) is 13.2 Å². The number of nitrogens with zero attached hydrogens (tertiary/aromatic N) is 2. The predicted octanol–water partition coefficient (Wildman–Crippen LogP) is 1.62. The molecule has 11 heteroatoms. The first-order chi connectivity index (χ1) is 16.4. The van der Waals surface area contributed by atoms with Crippen LogP contribution in [0, 0.1) is 0 Å². The quantitative estimate of drug-likeness (QED) is 0.547. The van der Waals surface area contributed by atoms with Gasteiger partial charge >= 0.3 is 0 Å². The van der Waals surface area contributed by atoms with Crippen molar-refractivity contribution in [3.63, 3.8) is 0 Å². The summed E-state index contributed by atoms with van der Waals surface area (Å²) < 4.78 is 43.3. The van der Waals surface area contributed by atoms with Gasteiger partial charge in [-0.15, -0.1) is 0 Å². The Morgan fingerprint density at radius 1 is 1.09 bits per heavy atom. The summed E-state index contributed by atoms with van der Waals surface area (Å²) in [7, 11) is -0.404. The summed E-state index contributed by atoms with van der Waals surface area (Å²) in [5.74, 6) is 0.890. The number of nitrogens with one attached hydrogen (secondary N) is 2. The maximum Gasteiger partial charge on any atom is 0.267 e. The van der Waals surface area contributed by atoms with Crippen molar-refractivity contribution < 1.29 is 27.4 Å². The van der Waals surface area contributed by atoms with Crippen LogP contribution in [0.2, 0.25) is 0 Å². The molecule has 0 unspecified atom stereocenters. The van der Waals surface area contributed by atoms with Gasteiger partial charge in [0.2, 0.25) is 10.0 Å². The molecule has 2 saturated heterocycles. The van der Waals surface area contributed by atoms with Crippen LogP contribution in [0.25, 0.3) is 0 Å². The molecule has 0 aliphatic carbocycles. The molecule has 0 spiro atoms. The molecule has 2 N–H and O–H groups in total. The van der Waals surface area contributed by atoms with Gasteiger partial charge in [0.05, 0.1) is 33.5 Å². The van der Waals surface area contributed by atoms with Gasteiger partial charge in [0.25, 0.3) is 5.91 Å². The molecule has 1 atom stereocenters. The van der Waals surface area contributed by atoms with Crippen LogP contribution in [0.15, 0.2) is 35.4 Å². The number of methoxy groups -OCH3 is 2. The lowest BCUT2D eigenvalue weighted by Crippen LogP contribution is -2.43. The van der Waals surface area contributed by atoms with E-state index in [2.05, 4.69) is 15.2 Å². The number of amides is 1. The smallest absolute Gasteiger partial charge is 0.267 e. The van der Waals surface area contributed by atoms with Gasteiger partial charge in [0, 0.05) is 38.9 Å². The SMILES string of the molecule is COc1ccc([C@@H](CNC(=O)c2cc(S(=O)(=O)N3CCCC3)c[nH]2)N2CCOCC2)cc1OC. The highest BCUT2D eigenvalue weighted by molar-refractivity contribution is 7.89. The maximum absolute atomic E-state index is 12.9. The third kappa shape index (κ3) is 5.22. The van der Waals surface area contributed by atoms with Gasteiger partial charge in [-0.1, -0.05) is 6.07 Å². The molecular formula is C23H32N4O6S. The van der Waals surface area contributed by atoms with E-state index in [0.717, 1.165) is 31.5 Å². The lowest BCUT2D eigenvalue weighted by Gasteiger charge is -2.35. The van der Waals surface area contributed by atoms with Gasteiger partial charge in [-0.2, -0.15) is 4.31 Å². The summed E-state index contributed by atoms with van der Waals surface area (Å²) in [5, 5.41) is 2.96. The lowest BCUT2D eigenvalue weighted by atomic mass is 10.0. The van der Waals surface area contributed by atoms with Gasteiger partial charge in [-0.25, -0.2) is 8.42 Å². The second kappa shape index (κ2) is 10.8. The molecule has 2 aliphatic heterocycles. The Morgan fingerprint density at radius 3 is 2.47 bits per heavy atom. The van der Waals surface area contributed by atoms with Crippen LogP contribution >= 0.6 is 0 Å². The van der Waals surface area contributed by atoms with Crippen LogP contribution in [-0.4, -0.2) is 88.7 Å². The topological polar surface area (TPSA) is 113 Å². The Bertz CT molecular complexity index is 1090. The highest BCUT2D eigenvalue weighted by Gasteiger charge is 2.29. The highest BCUT2D eigenvalue weighted by Crippen LogP contribution is 2.32. The van der Waals surface area contributed by atoms with E-state index in [4.69, 9.17) is 14.2 Å². The van der Waals surface area contributed by atoms with E-state index < -0.39 is 10.0 Å². The summed E-state index contributed by atoms with van der Waals surface area (Å²) in [6.07, 6.45) is 3.10. The van der Waals surface area contributed by atoms with Crippen molar-refractivity contribution in [2.45, 2.75) is 23.8 Å². The second-order valence-electron chi connectivity index (χ2n) is 8.35. The number of hydrogen-bond acceptors (Lipinski definition) is 7. The maximum atomic E-state index is 12.9. The summed E-state index contributed by atoms with van der Waals surface area (Å²) >= 11 is 0. The summed E-state index contributed by atoms with van der Waals surface area (Å²) in [5.41, 5.74) is 1.19. The largest absolute Gasteiger partial charge is 0.493 e. The molecule has 0 radical (unpaired) electrons. The fraction of sp³-hybridized carbons (Fsp3) is 0.522. The molecule has 2 aromatic rings. The van der Waals surface area contributed by atoms with Crippen molar-refractivity contribution in [1.82, 2.24) is 19.5 Å². The summed E-state index contributed by atoms with van der Waals surface area (Å²) in [6, 6.07) is 7.02. The van der Waals surface area contributed by atoms with Crippen LogP contribution in [0.4, 0.5) is 0 Å². The molecule has 1 aromatic carbocycles. The van der Waals surface area contributed by atoms with Gasteiger partial charge < -0.3 is 24.5 Å². The van der Waals surface area contributed by atoms with Gasteiger partial charge in [0.1, 0.15) is 10.6 Å². The van der Waals surface area contributed by atoms with Crippen molar-refractivity contribution in [3.05, 3.63) is 41.7 Å². The molecule has 1 amide bonds. The first-order valence-electron chi connectivity index (χ1n) is 11.4. The number of rotatable bonds is 9. The van der Waals surface area contributed by atoms with Crippen molar-refractivity contribution in [3.8, 4) is 11.5 Å². The molecule has 3 heterocycles. The van der Waals surface area contributed by atoms with Crippen LogP contribution in [0.3, 0.4) is 0 Å². The zero-order valence-corrected chi connectivity index (χ0v) is 20.4. The third-order valence-corrected chi connectivity index (χ3v) is 8.22. The number of ether oxygens (including phenoxy) is 3. The Labute approximate surface area is 200 Å². The van der Waals surface area contributed by atoms with Crippen LogP contribution in [0.1, 0.15) is 34.9 Å². The van der Waals surface area contributed by atoms with E-state index in [0.29, 0.717) is 44.3 Å². The summed E-state index contributed by atoms with van der Waals surface area (Å²) in [6.45, 7) is 4.06. The van der Waals surface area contributed by atoms with Gasteiger partial charge in [0.15, 0.2) is 11.5 Å². The van der Waals surface area contributed by atoms with E-state index in [1.54, 1.807) is 14.2 Å². The first kappa shape index (κ1) is 24.5. The zero-order chi connectivity index (χ0) is 24.1. The molecule has 34 heavy (non-hydrogen) atoms. The van der Waals surface area contributed by atoms with Crippen molar-refractivity contribution in [2.75, 3.05) is 60.2 Å². The Balaban J connectivity index is 1.49. The van der Waals surface area contributed by atoms with E-state index in [1.807, 2.05) is 18.2 Å². The van der Waals surface area contributed by atoms with E-state index in [1.165, 1.54) is 16.6 Å². The number of H-pyrrole nitrogens is 1. The Morgan fingerprint density at radius 2 is 1.79 bits per heavy atom. The molecule has 4 rings (SSSR count). The Kier molecular flexibility index (Phi) is 7.77. The highest BCUT2D eigenvalue weighted by atomic mass is 32.2. The number of benzene rings is 1. The minimum Gasteiger partial charge on any atom is -0.493 e. The van der Waals surface area contributed by atoms with Gasteiger partial charge in [-0.05, 0) is 36.6 Å². The number of carbonyl (C=O) groups excluding carboxylic acids is 1. The number of aromatic amines is 1. The lowest BCUT2D eigenvalue weighted by molar-refractivity contribution is 0.0161. The molecular weight excluding hydrogens is 460 g/mol. The monoisotopic (exact) mass is 492 g/mol. The molecule has 0 saturated carbocycles. The zero-order valence-electron chi connectivity index (χ0n) is 19.6. The number of hydrogen-bond donors (Lipinski definition) is 2. The van der Waals surface area contributed by atoms with Crippen molar-refractivity contribution in [1.29, 1.82) is 0 Å². The Hall–Kier alpha value is -2.60. The number of sulfonamides is 1. The average Bonchev–Trinajstić information content (AvgIpc) is 3.58. The van der Waals surface area contributed by atoms with Crippen LogP contribution in [0.5, 0.6) is 11.5 Å². The molecule has 1 aromatic heterocycles. The van der Waals surface area contributed by atoms with Gasteiger partial charge in [-0.3, -0.25) is 9.69 Å². The van der Waals surface area contributed by atoms with Crippen LogP contribution in [-0.2, 0) is 14.8 Å². The minimum atomic E-state index is -3.58. The minimum absolute atomic E-state index is 0.115. The normalized spacial score (nSPS) is 18.5. The number of carbonyl (C=O) groups is 1. The third-order valence-electron chi connectivity index (χ3n) is 6.34. The standard InChI is InChI=1S/C23H32N4O6S/c1-31-21-6-5-17(13-22(21)32-2)20(26-9-11-33-12-10-26)16-25-23(28)19-14-18(15-24-19)34(29,30)27-7-3-4-8-27/h5-6,13-15,20,24H,3-4,7-12,16H2,1-2H3,(H,25,28)/t20-/m1/s1. The molecule has 0 bridgehead atoms. The van der Waals surface area contributed by atoms with E-state index in [-0.39, 0.29) is 22.5 Å². The van der Waals surface area contributed by atoms with Crippen LogP contribution < -0.4 is 14.8 Å². The molecule has 10 nitrogen and oxygen atoms in total. The van der Waals surface area contributed by atoms with Crippen molar-refractivity contribution >= 4 is 15.9 Å². The summed E-state index contributed by atoms with van der Waals surface area (Å²) in [4.78, 5) is 18.1. The number of aromatic nitrogens is 1. The fourth-order valence-electron chi connectivity index (χ4n) is 4.42. The molecule has 186 valence electrons. The predicted molar refractivity (Wildman–Crippen MR) is 126 cm³/mol. The second-order valence-corrected chi connectivity index (χ2v) is 10.3. The average molecular weight is 493 g/mol. The van der Waals surface area contributed by atoms with Crippen molar-refractivity contribution in [2.24, 2.45) is 0 Å². The van der Waals surface area contributed by atoms with E-state index >= 15 is 0 Å².